The molecule has 0 radical (unpaired) electrons. The van der Waals surface area contributed by atoms with E-state index in [1.165, 1.54) is 0 Å². The van der Waals surface area contributed by atoms with Gasteiger partial charge >= 0.3 is 0 Å². The molecule has 0 aliphatic carbocycles. The van der Waals surface area contributed by atoms with E-state index >= 15 is 0 Å². The Morgan fingerprint density at radius 2 is 2.15 bits per heavy atom. The molecule has 0 unspecified atom stereocenters. The molecule has 8 nitrogen and oxygen atoms in total. The first kappa shape index (κ1) is 14.9. The van der Waals surface area contributed by atoms with Crippen LogP contribution in [0.3, 0.4) is 0 Å². The van der Waals surface area contributed by atoms with E-state index in [0.29, 0.717) is 39.4 Å². The van der Waals surface area contributed by atoms with Gasteiger partial charge in [-0.1, -0.05) is 6.92 Å². The maximum atomic E-state index is 12.1. The number of ether oxygens (including phenoxy) is 1. The van der Waals surface area contributed by atoms with Crippen LogP contribution in [0.2, 0.25) is 0 Å². The van der Waals surface area contributed by atoms with Gasteiger partial charge in [-0.3, -0.25) is 9.69 Å². The second-order valence-electron chi connectivity index (χ2n) is 4.98. The van der Waals surface area contributed by atoms with Crippen molar-refractivity contribution in [1.82, 2.24) is 30.0 Å². The number of likely N-dealkylation sites (N-methyl/N-ethyl adjacent to an activating group) is 1. The zero-order valence-electron chi connectivity index (χ0n) is 12.2. The minimum absolute atomic E-state index is 0.130. The van der Waals surface area contributed by atoms with Gasteiger partial charge in [-0.15, -0.1) is 5.10 Å². The maximum absolute atomic E-state index is 12.1. The summed E-state index contributed by atoms with van der Waals surface area (Å²) < 4.78 is 7.03. The lowest BCUT2D eigenvalue weighted by atomic mass is 10.3. The highest BCUT2D eigenvalue weighted by Crippen LogP contribution is 2.02. The lowest BCUT2D eigenvalue weighted by Gasteiger charge is -2.28. The van der Waals surface area contributed by atoms with E-state index in [0.717, 1.165) is 18.8 Å². The Bertz CT molecular complexity index is 429. The van der Waals surface area contributed by atoms with Crippen molar-refractivity contribution in [1.29, 1.82) is 0 Å². The number of tetrazole rings is 1. The number of carbonyl (C=O) groups excluding carboxylic acids is 1. The van der Waals surface area contributed by atoms with Gasteiger partial charge in [0.2, 0.25) is 5.91 Å². The van der Waals surface area contributed by atoms with Crippen LogP contribution in [0.1, 0.15) is 19.2 Å². The summed E-state index contributed by atoms with van der Waals surface area (Å²) in [5.41, 5.74) is 0. The topological polar surface area (TPSA) is 76.4 Å². The molecule has 8 heteroatoms. The highest BCUT2D eigenvalue weighted by atomic mass is 16.5. The number of carbonyl (C=O) groups is 1. The van der Waals surface area contributed by atoms with Crippen molar-refractivity contribution in [3.63, 3.8) is 0 Å². The summed E-state index contributed by atoms with van der Waals surface area (Å²) in [6.07, 6.45) is 0.981. The molecular weight excluding hydrogens is 260 g/mol. The van der Waals surface area contributed by atoms with E-state index in [4.69, 9.17) is 4.74 Å². The number of hydrogen-bond acceptors (Lipinski definition) is 6. The fraction of sp³-hybridized carbons (Fsp3) is 0.833. The van der Waals surface area contributed by atoms with Crippen LogP contribution < -0.4 is 0 Å². The summed E-state index contributed by atoms with van der Waals surface area (Å²) in [6.45, 7) is 6.45. The van der Waals surface area contributed by atoms with Crippen molar-refractivity contribution in [3.8, 4) is 0 Å². The molecule has 2 heterocycles. The molecule has 0 aromatic carbocycles. The first-order valence-electron chi connectivity index (χ1n) is 6.99. The molecular formula is C12H22N6O2. The van der Waals surface area contributed by atoms with Crippen LogP contribution in [0.15, 0.2) is 0 Å². The summed E-state index contributed by atoms with van der Waals surface area (Å²) in [7, 11) is 1.91. The van der Waals surface area contributed by atoms with E-state index in [1.54, 1.807) is 4.68 Å². The SMILES string of the molecule is CCCn1nnnc1CN(C)CC(=O)N1CCOCC1. The number of morpholine rings is 1. The molecule has 0 bridgehead atoms. The molecule has 0 atom stereocenters. The molecule has 1 aliphatic rings. The Balaban J connectivity index is 1.83. The zero-order valence-corrected chi connectivity index (χ0v) is 12.2. The Morgan fingerprint density at radius 3 is 2.85 bits per heavy atom. The number of amides is 1. The molecule has 112 valence electrons. The van der Waals surface area contributed by atoms with E-state index < -0.39 is 0 Å². The number of rotatable bonds is 6. The molecule has 0 N–H and O–H groups in total. The molecule has 2 rings (SSSR count). The van der Waals surface area contributed by atoms with Gasteiger partial charge in [0.15, 0.2) is 5.82 Å². The number of nitrogens with zero attached hydrogens (tertiary/aromatic N) is 6. The van der Waals surface area contributed by atoms with E-state index in [9.17, 15) is 4.79 Å². The van der Waals surface area contributed by atoms with Crippen LogP contribution >= 0.6 is 0 Å². The zero-order chi connectivity index (χ0) is 14.4. The van der Waals surface area contributed by atoms with Crippen LogP contribution in [0.4, 0.5) is 0 Å². The quantitative estimate of drug-likeness (QED) is 0.692. The predicted octanol–water partition coefficient (Wildman–Crippen LogP) is -0.626. The largest absolute Gasteiger partial charge is 0.378 e. The van der Waals surface area contributed by atoms with Crippen LogP contribution in [-0.4, -0.2) is 75.8 Å². The summed E-state index contributed by atoms with van der Waals surface area (Å²) in [5.74, 6) is 0.925. The highest BCUT2D eigenvalue weighted by Gasteiger charge is 2.19. The monoisotopic (exact) mass is 282 g/mol. The van der Waals surface area contributed by atoms with E-state index in [1.807, 2.05) is 16.8 Å². The van der Waals surface area contributed by atoms with Crippen LogP contribution in [0.25, 0.3) is 0 Å². The third kappa shape index (κ3) is 3.97. The van der Waals surface area contributed by atoms with Crippen molar-refractivity contribution in [3.05, 3.63) is 5.82 Å². The van der Waals surface area contributed by atoms with E-state index in [2.05, 4.69) is 22.4 Å². The lowest BCUT2D eigenvalue weighted by molar-refractivity contribution is -0.136. The Labute approximate surface area is 118 Å². The first-order chi connectivity index (χ1) is 9.70. The fourth-order valence-corrected chi connectivity index (χ4v) is 2.16. The second kappa shape index (κ2) is 7.30. The third-order valence-electron chi connectivity index (χ3n) is 3.22. The van der Waals surface area contributed by atoms with Crippen molar-refractivity contribution in [2.75, 3.05) is 39.9 Å². The van der Waals surface area contributed by atoms with E-state index in [-0.39, 0.29) is 5.91 Å². The van der Waals surface area contributed by atoms with Gasteiger partial charge in [-0.05, 0) is 23.9 Å². The molecule has 1 aliphatic heterocycles. The minimum Gasteiger partial charge on any atom is -0.378 e. The molecule has 1 aromatic rings. The van der Waals surface area contributed by atoms with Crippen LogP contribution in [0, 0.1) is 0 Å². The van der Waals surface area contributed by atoms with Gasteiger partial charge in [0.25, 0.3) is 0 Å². The lowest BCUT2D eigenvalue weighted by Crippen LogP contribution is -2.45. The predicted molar refractivity (Wildman–Crippen MR) is 71.8 cm³/mol. The Hall–Kier alpha value is -1.54. The molecule has 1 aromatic heterocycles. The minimum atomic E-state index is 0.130. The van der Waals surface area contributed by atoms with Crippen LogP contribution in [-0.2, 0) is 22.6 Å². The third-order valence-corrected chi connectivity index (χ3v) is 3.22. The second-order valence-corrected chi connectivity index (χ2v) is 4.98. The highest BCUT2D eigenvalue weighted by molar-refractivity contribution is 5.78. The van der Waals surface area contributed by atoms with Crippen molar-refractivity contribution >= 4 is 5.91 Å². The summed E-state index contributed by atoms with van der Waals surface area (Å²) in [4.78, 5) is 15.9. The van der Waals surface area contributed by atoms with Gasteiger partial charge in [0, 0.05) is 19.6 Å². The average molecular weight is 282 g/mol. The summed E-state index contributed by atoms with van der Waals surface area (Å²) in [5, 5.41) is 11.6. The molecule has 1 amide bonds. The molecule has 0 spiro atoms. The average Bonchev–Trinajstić information content (AvgIpc) is 2.87. The molecule has 1 saturated heterocycles. The maximum Gasteiger partial charge on any atom is 0.236 e. The number of aromatic nitrogens is 4. The normalized spacial score (nSPS) is 15.8. The first-order valence-corrected chi connectivity index (χ1v) is 6.99. The van der Waals surface area contributed by atoms with Gasteiger partial charge < -0.3 is 9.64 Å². The summed E-state index contributed by atoms with van der Waals surface area (Å²) in [6, 6.07) is 0. The van der Waals surface area contributed by atoms with Crippen molar-refractivity contribution in [2.45, 2.75) is 26.4 Å². The van der Waals surface area contributed by atoms with Gasteiger partial charge in [0.05, 0.1) is 26.3 Å². The van der Waals surface area contributed by atoms with Crippen LogP contribution in [0.5, 0.6) is 0 Å². The van der Waals surface area contributed by atoms with Gasteiger partial charge in [-0.2, -0.15) is 0 Å². The smallest absolute Gasteiger partial charge is 0.236 e. The van der Waals surface area contributed by atoms with Gasteiger partial charge in [0.1, 0.15) is 0 Å². The molecule has 0 saturated carbocycles. The number of aryl methyl sites for hydroxylation is 1. The molecule has 1 fully saturated rings. The summed E-state index contributed by atoms with van der Waals surface area (Å²) >= 11 is 0. The number of hydrogen-bond donors (Lipinski definition) is 0. The van der Waals surface area contributed by atoms with Gasteiger partial charge in [-0.25, -0.2) is 4.68 Å². The molecule has 20 heavy (non-hydrogen) atoms. The van der Waals surface area contributed by atoms with Crippen molar-refractivity contribution < 1.29 is 9.53 Å². The van der Waals surface area contributed by atoms with Crippen molar-refractivity contribution in [2.24, 2.45) is 0 Å². The fourth-order valence-electron chi connectivity index (χ4n) is 2.16. The standard InChI is InChI=1S/C12H22N6O2/c1-3-4-18-11(13-14-15-18)9-16(2)10-12(19)17-5-7-20-8-6-17/h3-10H2,1-2H3. The Kier molecular flexibility index (Phi) is 5.42. The Morgan fingerprint density at radius 1 is 1.40 bits per heavy atom.